The molecule has 0 spiro atoms. The highest BCUT2D eigenvalue weighted by Gasteiger charge is 2.14. The number of benzene rings is 2. The summed E-state index contributed by atoms with van der Waals surface area (Å²) >= 11 is 0. The van der Waals surface area contributed by atoms with Crippen molar-refractivity contribution in [3.8, 4) is 5.75 Å². The van der Waals surface area contributed by atoms with Crippen molar-refractivity contribution in [3.05, 3.63) is 59.7 Å². The monoisotopic (exact) mass is 569 g/mol. The van der Waals surface area contributed by atoms with Crippen LogP contribution in [-0.4, -0.2) is 52.6 Å². The molecule has 2 aromatic rings. The molecule has 0 amide bonds. The molecule has 182 valence electrons. The van der Waals surface area contributed by atoms with Crippen LogP contribution in [0.3, 0.4) is 0 Å². The first-order chi connectivity index (χ1) is 15.8. The maximum absolute atomic E-state index is 6.05. The lowest BCUT2D eigenvalue weighted by Gasteiger charge is -2.22. The van der Waals surface area contributed by atoms with Crippen LogP contribution in [0.1, 0.15) is 30.4 Å². The highest BCUT2D eigenvalue weighted by atomic mass is 127. The molecule has 1 aliphatic rings. The van der Waals surface area contributed by atoms with Crippen LogP contribution in [0.25, 0.3) is 0 Å². The van der Waals surface area contributed by atoms with Crippen LogP contribution in [0.2, 0.25) is 0 Å². The van der Waals surface area contributed by atoms with Crippen molar-refractivity contribution >= 4 is 35.6 Å². The molecule has 0 radical (unpaired) electrons. The Bertz CT molecular complexity index is 844. The van der Waals surface area contributed by atoms with Gasteiger partial charge in [0.2, 0.25) is 0 Å². The van der Waals surface area contributed by atoms with E-state index >= 15 is 0 Å². The lowest BCUT2D eigenvalue weighted by molar-refractivity contribution is -0.0390. The van der Waals surface area contributed by atoms with E-state index in [2.05, 4.69) is 39.9 Å². The summed E-state index contributed by atoms with van der Waals surface area (Å²) in [5.41, 5.74) is 3.27. The zero-order valence-corrected chi connectivity index (χ0v) is 21.9. The van der Waals surface area contributed by atoms with Gasteiger partial charge in [0.05, 0.1) is 19.3 Å². The number of halogens is 1. The SMILES string of the molecule is CN=C(NCc1cccc(COC2CCOCC2)c1)Nc1cccc(OCCCOC)c1.I. The lowest BCUT2D eigenvalue weighted by Crippen LogP contribution is -2.30. The second kappa shape index (κ2) is 15.9. The topological polar surface area (TPSA) is 73.3 Å². The standard InChI is InChI=1S/C25H35N3O4.HI/c1-26-25(28-22-8-4-9-24(17-22)31-13-5-12-29-2)27-18-20-6-3-7-21(16-20)19-32-23-10-14-30-15-11-23;/h3-4,6-9,16-17,23H,5,10-15,18-19H2,1-2H3,(H2,26,27,28);1H. The minimum atomic E-state index is 0. The molecule has 2 aromatic carbocycles. The van der Waals surface area contributed by atoms with E-state index in [4.69, 9.17) is 18.9 Å². The van der Waals surface area contributed by atoms with E-state index in [0.717, 1.165) is 43.9 Å². The number of guanidine groups is 1. The number of hydrogen-bond acceptors (Lipinski definition) is 5. The summed E-state index contributed by atoms with van der Waals surface area (Å²) in [7, 11) is 3.46. The van der Waals surface area contributed by atoms with Gasteiger partial charge in [0.1, 0.15) is 5.75 Å². The van der Waals surface area contributed by atoms with Crippen LogP contribution in [0.4, 0.5) is 5.69 Å². The molecule has 0 unspecified atom stereocenters. The first-order valence-electron chi connectivity index (χ1n) is 11.2. The van der Waals surface area contributed by atoms with Gasteiger partial charge in [-0.3, -0.25) is 4.99 Å². The molecule has 1 fully saturated rings. The first kappa shape index (κ1) is 27.4. The smallest absolute Gasteiger partial charge is 0.195 e. The van der Waals surface area contributed by atoms with Crippen LogP contribution < -0.4 is 15.4 Å². The van der Waals surface area contributed by atoms with Crippen molar-refractivity contribution in [2.75, 3.05) is 45.9 Å². The largest absolute Gasteiger partial charge is 0.493 e. The van der Waals surface area contributed by atoms with Gasteiger partial charge in [0.25, 0.3) is 0 Å². The van der Waals surface area contributed by atoms with Gasteiger partial charge >= 0.3 is 0 Å². The normalized spacial score (nSPS) is 14.4. The highest BCUT2D eigenvalue weighted by molar-refractivity contribution is 14.0. The van der Waals surface area contributed by atoms with E-state index in [-0.39, 0.29) is 24.0 Å². The highest BCUT2D eigenvalue weighted by Crippen LogP contribution is 2.18. The number of hydrogen-bond donors (Lipinski definition) is 2. The third kappa shape index (κ3) is 10.3. The molecule has 7 nitrogen and oxygen atoms in total. The Morgan fingerprint density at radius 2 is 1.85 bits per heavy atom. The quantitative estimate of drug-likeness (QED) is 0.178. The van der Waals surface area contributed by atoms with E-state index in [1.807, 2.05) is 24.3 Å². The van der Waals surface area contributed by atoms with Crippen molar-refractivity contribution in [1.29, 1.82) is 0 Å². The molecular formula is C25H36IN3O4. The fourth-order valence-electron chi connectivity index (χ4n) is 3.44. The molecule has 0 aliphatic carbocycles. The Kier molecular flexibility index (Phi) is 13.2. The number of ether oxygens (including phenoxy) is 4. The van der Waals surface area contributed by atoms with Crippen molar-refractivity contribution in [3.63, 3.8) is 0 Å². The summed E-state index contributed by atoms with van der Waals surface area (Å²) in [6.07, 6.45) is 3.11. The summed E-state index contributed by atoms with van der Waals surface area (Å²) in [6.45, 7) is 4.20. The molecule has 1 saturated heterocycles. The van der Waals surface area contributed by atoms with Gasteiger partial charge in [-0.2, -0.15) is 0 Å². The number of rotatable bonds is 11. The van der Waals surface area contributed by atoms with Gasteiger partial charge in [-0.25, -0.2) is 0 Å². The fourth-order valence-corrected chi connectivity index (χ4v) is 3.44. The third-order valence-electron chi connectivity index (χ3n) is 5.19. The Balaban J connectivity index is 0.00000385. The van der Waals surface area contributed by atoms with Crippen molar-refractivity contribution in [2.24, 2.45) is 4.99 Å². The molecule has 2 N–H and O–H groups in total. The van der Waals surface area contributed by atoms with Gasteiger partial charge in [0.15, 0.2) is 5.96 Å². The molecule has 3 rings (SSSR count). The van der Waals surface area contributed by atoms with Gasteiger partial charge in [0, 0.05) is 58.7 Å². The number of anilines is 1. The van der Waals surface area contributed by atoms with Crippen LogP contribution in [0, 0.1) is 0 Å². The van der Waals surface area contributed by atoms with E-state index in [9.17, 15) is 0 Å². The minimum absolute atomic E-state index is 0. The Morgan fingerprint density at radius 1 is 1.06 bits per heavy atom. The molecule has 33 heavy (non-hydrogen) atoms. The summed E-state index contributed by atoms with van der Waals surface area (Å²) in [4.78, 5) is 4.34. The van der Waals surface area contributed by atoms with Gasteiger partial charge in [-0.1, -0.05) is 30.3 Å². The first-order valence-corrected chi connectivity index (χ1v) is 11.2. The number of methoxy groups -OCH3 is 1. The predicted octanol–water partition coefficient (Wildman–Crippen LogP) is 4.60. The fraction of sp³-hybridized carbons (Fsp3) is 0.480. The Morgan fingerprint density at radius 3 is 2.64 bits per heavy atom. The molecule has 1 aliphatic heterocycles. The van der Waals surface area contributed by atoms with E-state index in [1.165, 1.54) is 11.1 Å². The predicted molar refractivity (Wildman–Crippen MR) is 143 cm³/mol. The molecule has 0 bridgehead atoms. The number of nitrogens with zero attached hydrogens (tertiary/aromatic N) is 1. The molecule has 0 saturated carbocycles. The van der Waals surface area contributed by atoms with E-state index in [0.29, 0.717) is 38.4 Å². The van der Waals surface area contributed by atoms with Crippen LogP contribution in [-0.2, 0) is 27.4 Å². The lowest BCUT2D eigenvalue weighted by atomic mass is 10.1. The number of nitrogens with one attached hydrogen (secondary N) is 2. The van der Waals surface area contributed by atoms with Crippen LogP contribution >= 0.6 is 24.0 Å². The van der Waals surface area contributed by atoms with Crippen molar-refractivity contribution in [1.82, 2.24) is 5.32 Å². The van der Waals surface area contributed by atoms with Crippen molar-refractivity contribution in [2.45, 2.75) is 38.5 Å². The average Bonchev–Trinajstić information content (AvgIpc) is 2.84. The maximum atomic E-state index is 6.05. The van der Waals surface area contributed by atoms with Crippen LogP contribution in [0.5, 0.6) is 5.75 Å². The number of aliphatic imine (C=N–C) groups is 1. The molecule has 0 aromatic heterocycles. The molecule has 8 heteroatoms. The van der Waals surface area contributed by atoms with Gasteiger partial charge in [-0.05, 0) is 36.1 Å². The zero-order valence-electron chi connectivity index (χ0n) is 19.5. The second-order valence-corrected chi connectivity index (χ2v) is 7.72. The molecular weight excluding hydrogens is 533 g/mol. The summed E-state index contributed by atoms with van der Waals surface area (Å²) < 4.78 is 22.3. The summed E-state index contributed by atoms with van der Waals surface area (Å²) in [5, 5.41) is 6.69. The Hall–Kier alpha value is -1.88. The van der Waals surface area contributed by atoms with Gasteiger partial charge in [-0.15, -0.1) is 24.0 Å². The third-order valence-corrected chi connectivity index (χ3v) is 5.19. The summed E-state index contributed by atoms with van der Waals surface area (Å²) in [5.74, 6) is 1.52. The second-order valence-electron chi connectivity index (χ2n) is 7.72. The molecule has 0 atom stereocenters. The molecule has 1 heterocycles. The average molecular weight is 569 g/mol. The maximum Gasteiger partial charge on any atom is 0.195 e. The van der Waals surface area contributed by atoms with Gasteiger partial charge < -0.3 is 29.6 Å². The van der Waals surface area contributed by atoms with Crippen molar-refractivity contribution < 1.29 is 18.9 Å². The van der Waals surface area contributed by atoms with Crippen LogP contribution in [0.15, 0.2) is 53.5 Å². The minimum Gasteiger partial charge on any atom is -0.493 e. The Labute approximate surface area is 214 Å². The van der Waals surface area contributed by atoms with E-state index in [1.54, 1.807) is 14.2 Å². The van der Waals surface area contributed by atoms with E-state index < -0.39 is 0 Å². The zero-order chi connectivity index (χ0) is 22.4. The summed E-state index contributed by atoms with van der Waals surface area (Å²) in [6, 6.07) is 16.3.